The number of nitrogens with one attached hydrogen (secondary N) is 1. The Morgan fingerprint density at radius 2 is 2.31 bits per heavy atom. The number of carbonyl (C=O) groups is 1. The van der Waals surface area contributed by atoms with Crippen LogP contribution in [0.4, 0.5) is 0 Å². The lowest BCUT2D eigenvalue weighted by Crippen LogP contribution is -1.92. The molecule has 0 saturated carbocycles. The number of rotatable bonds is 4. The molecule has 0 atom stereocenters. The van der Waals surface area contributed by atoms with E-state index in [1.165, 1.54) is 6.21 Å². The van der Waals surface area contributed by atoms with Crippen LogP contribution in [0.25, 0.3) is 0 Å². The maximum atomic E-state index is 10.1. The molecule has 3 nitrogen and oxygen atoms in total. The van der Waals surface area contributed by atoms with Gasteiger partial charge >= 0.3 is 5.97 Å². The van der Waals surface area contributed by atoms with Crippen LogP contribution in [0.5, 0.6) is 0 Å². The highest BCUT2D eigenvalue weighted by Crippen LogP contribution is 1.94. The summed E-state index contributed by atoms with van der Waals surface area (Å²) in [6.07, 6.45) is 4.22. The first-order valence-corrected chi connectivity index (χ1v) is 4.08. The van der Waals surface area contributed by atoms with Crippen LogP contribution in [0.3, 0.4) is 0 Å². The molecule has 0 aliphatic carbocycles. The molecule has 0 aromatic heterocycles. The zero-order valence-electron chi connectivity index (χ0n) is 7.63. The van der Waals surface area contributed by atoms with Crippen molar-refractivity contribution >= 4 is 12.2 Å². The average Bonchev–Trinajstić information content (AvgIpc) is 2.11. The van der Waals surface area contributed by atoms with Gasteiger partial charge in [0.25, 0.3) is 0 Å². The van der Waals surface area contributed by atoms with E-state index in [2.05, 4.69) is 11.8 Å². The SMILES string of the molecule is C/C=C(/C#CCCCC(=O)O)C=N. The summed E-state index contributed by atoms with van der Waals surface area (Å²) in [5, 5.41) is 15.2. The molecule has 0 aliphatic rings. The number of aliphatic carboxylic acids is 1. The third-order valence-electron chi connectivity index (χ3n) is 1.39. The molecule has 0 heterocycles. The smallest absolute Gasteiger partial charge is 0.303 e. The van der Waals surface area contributed by atoms with Crippen LogP contribution in [0.15, 0.2) is 11.6 Å². The fraction of sp³-hybridized carbons (Fsp3) is 0.400. The Hall–Kier alpha value is -1.56. The van der Waals surface area contributed by atoms with Gasteiger partial charge in [0.15, 0.2) is 0 Å². The van der Waals surface area contributed by atoms with E-state index in [0.29, 0.717) is 18.4 Å². The Labute approximate surface area is 78.0 Å². The number of unbranched alkanes of at least 4 members (excludes halogenated alkanes) is 1. The lowest BCUT2D eigenvalue weighted by molar-refractivity contribution is -0.137. The third-order valence-corrected chi connectivity index (χ3v) is 1.39. The van der Waals surface area contributed by atoms with Crippen LogP contribution in [0.2, 0.25) is 0 Å². The predicted octanol–water partition coefficient (Wildman–Crippen LogP) is 1.84. The van der Waals surface area contributed by atoms with Crippen LogP contribution in [-0.2, 0) is 4.79 Å². The fourth-order valence-electron chi connectivity index (χ4n) is 0.684. The van der Waals surface area contributed by atoms with Crippen LogP contribution in [0.1, 0.15) is 26.2 Å². The summed E-state index contributed by atoms with van der Waals surface area (Å²) in [5.41, 5.74) is 0.662. The Morgan fingerprint density at radius 1 is 1.62 bits per heavy atom. The minimum absolute atomic E-state index is 0.157. The van der Waals surface area contributed by atoms with Crippen molar-refractivity contribution in [2.45, 2.75) is 26.2 Å². The number of hydrogen-bond donors (Lipinski definition) is 2. The van der Waals surface area contributed by atoms with Gasteiger partial charge in [-0.1, -0.05) is 17.9 Å². The zero-order valence-corrected chi connectivity index (χ0v) is 7.63. The molecular formula is C10H13NO2. The average molecular weight is 179 g/mol. The van der Waals surface area contributed by atoms with Gasteiger partial charge in [-0.05, 0) is 13.3 Å². The van der Waals surface area contributed by atoms with E-state index in [0.717, 1.165) is 0 Å². The van der Waals surface area contributed by atoms with Gasteiger partial charge in [0.05, 0.1) is 0 Å². The Balaban J connectivity index is 3.73. The van der Waals surface area contributed by atoms with Gasteiger partial charge in [-0.15, -0.1) is 0 Å². The molecule has 0 radical (unpaired) electrons. The van der Waals surface area contributed by atoms with Crippen LogP contribution >= 0.6 is 0 Å². The Morgan fingerprint density at radius 3 is 2.77 bits per heavy atom. The van der Waals surface area contributed by atoms with Crippen molar-refractivity contribution in [2.24, 2.45) is 0 Å². The maximum absolute atomic E-state index is 10.1. The molecule has 0 amide bonds. The minimum Gasteiger partial charge on any atom is -0.481 e. The van der Waals surface area contributed by atoms with Gasteiger partial charge < -0.3 is 10.5 Å². The third kappa shape index (κ3) is 6.82. The molecule has 0 aromatic rings. The van der Waals surface area contributed by atoms with E-state index >= 15 is 0 Å². The van der Waals surface area contributed by atoms with E-state index in [-0.39, 0.29) is 6.42 Å². The van der Waals surface area contributed by atoms with Gasteiger partial charge in [0, 0.05) is 24.6 Å². The van der Waals surface area contributed by atoms with Crippen LogP contribution < -0.4 is 0 Å². The van der Waals surface area contributed by atoms with Gasteiger partial charge in [0.1, 0.15) is 0 Å². The predicted molar refractivity (Wildman–Crippen MR) is 51.8 cm³/mol. The second kappa shape index (κ2) is 7.11. The van der Waals surface area contributed by atoms with E-state index in [1.54, 1.807) is 6.08 Å². The molecule has 3 heteroatoms. The quantitative estimate of drug-likeness (QED) is 0.393. The van der Waals surface area contributed by atoms with Gasteiger partial charge in [-0.25, -0.2) is 0 Å². The highest BCUT2D eigenvalue weighted by atomic mass is 16.4. The van der Waals surface area contributed by atoms with Gasteiger partial charge in [0.2, 0.25) is 0 Å². The van der Waals surface area contributed by atoms with Crippen molar-refractivity contribution in [3.63, 3.8) is 0 Å². The summed E-state index contributed by atoms with van der Waals surface area (Å²) >= 11 is 0. The maximum Gasteiger partial charge on any atom is 0.303 e. The summed E-state index contributed by atoms with van der Waals surface area (Å²) in [6, 6.07) is 0. The van der Waals surface area contributed by atoms with Crippen molar-refractivity contribution in [1.82, 2.24) is 0 Å². The second-order valence-corrected chi connectivity index (χ2v) is 2.44. The largest absolute Gasteiger partial charge is 0.481 e. The van der Waals surface area contributed by atoms with Crippen molar-refractivity contribution in [3.8, 4) is 11.8 Å². The number of carboxylic acids is 1. The van der Waals surface area contributed by atoms with E-state index in [4.69, 9.17) is 10.5 Å². The highest BCUT2D eigenvalue weighted by molar-refractivity contribution is 5.81. The van der Waals surface area contributed by atoms with Crippen molar-refractivity contribution in [2.75, 3.05) is 0 Å². The molecule has 2 N–H and O–H groups in total. The first-order chi connectivity index (χ1) is 6.20. The molecule has 13 heavy (non-hydrogen) atoms. The van der Waals surface area contributed by atoms with Crippen molar-refractivity contribution in [3.05, 3.63) is 11.6 Å². The molecule has 0 spiro atoms. The molecule has 0 aromatic carbocycles. The van der Waals surface area contributed by atoms with E-state index in [1.807, 2.05) is 6.92 Å². The lowest BCUT2D eigenvalue weighted by Gasteiger charge is -1.88. The topological polar surface area (TPSA) is 61.1 Å². The van der Waals surface area contributed by atoms with Gasteiger partial charge in [-0.3, -0.25) is 4.79 Å². The summed E-state index contributed by atoms with van der Waals surface area (Å²) in [7, 11) is 0. The molecule has 0 bridgehead atoms. The lowest BCUT2D eigenvalue weighted by atomic mass is 10.2. The van der Waals surface area contributed by atoms with Gasteiger partial charge in [-0.2, -0.15) is 0 Å². The minimum atomic E-state index is -0.792. The number of carboxylic acid groups (broad SMARTS) is 1. The second-order valence-electron chi connectivity index (χ2n) is 2.44. The van der Waals surface area contributed by atoms with Crippen LogP contribution in [0, 0.1) is 17.3 Å². The summed E-state index contributed by atoms with van der Waals surface area (Å²) in [6.45, 7) is 1.81. The molecule has 0 fully saturated rings. The summed E-state index contributed by atoms with van der Waals surface area (Å²) in [4.78, 5) is 10.1. The molecule has 0 unspecified atom stereocenters. The van der Waals surface area contributed by atoms with Crippen LogP contribution in [-0.4, -0.2) is 17.3 Å². The molecule has 0 aliphatic heterocycles. The number of hydrogen-bond acceptors (Lipinski definition) is 2. The first-order valence-electron chi connectivity index (χ1n) is 4.08. The Bertz CT molecular complexity index is 268. The molecule has 0 saturated heterocycles. The fourth-order valence-corrected chi connectivity index (χ4v) is 0.684. The summed E-state index contributed by atoms with van der Waals surface area (Å²) in [5.74, 6) is 4.79. The first kappa shape index (κ1) is 11.4. The molecule has 0 rings (SSSR count). The van der Waals surface area contributed by atoms with Crippen molar-refractivity contribution < 1.29 is 9.90 Å². The Kier molecular flexibility index (Phi) is 6.26. The highest BCUT2D eigenvalue weighted by Gasteiger charge is 1.93. The monoisotopic (exact) mass is 179 g/mol. The zero-order chi connectivity index (χ0) is 10.1. The van der Waals surface area contributed by atoms with Crippen molar-refractivity contribution in [1.29, 1.82) is 5.41 Å². The summed E-state index contributed by atoms with van der Waals surface area (Å²) < 4.78 is 0. The standard InChI is InChI=1S/C10H13NO2/c1-2-9(8-11)6-4-3-5-7-10(12)13/h2,8,11H,3,5,7H2,1H3,(H,12,13)/b9-2-,11-8?. The molecule has 70 valence electrons. The normalized spacial score (nSPS) is 10.1. The molecular weight excluding hydrogens is 166 g/mol. The number of allylic oxidation sites excluding steroid dienone is 2. The van der Waals surface area contributed by atoms with E-state index in [9.17, 15) is 4.79 Å². The van der Waals surface area contributed by atoms with E-state index < -0.39 is 5.97 Å².